The minimum atomic E-state index is -0.226. The van der Waals surface area contributed by atoms with Crippen molar-refractivity contribution in [1.29, 1.82) is 0 Å². The largest absolute Gasteiger partial charge is 0.378 e. The molecule has 226 valence electrons. The molecule has 2 aliphatic rings. The number of carbonyl (C=O) groups is 3. The number of hydrogen-bond donors (Lipinski definition) is 2. The van der Waals surface area contributed by atoms with Crippen LogP contribution in [0.5, 0.6) is 0 Å². The van der Waals surface area contributed by atoms with Gasteiger partial charge in [-0.2, -0.15) is 0 Å². The quantitative estimate of drug-likeness (QED) is 0.345. The summed E-state index contributed by atoms with van der Waals surface area (Å²) < 4.78 is 0. The highest BCUT2D eigenvalue weighted by Crippen LogP contribution is 2.31. The number of aryl methyl sites for hydroxylation is 1. The van der Waals surface area contributed by atoms with Crippen molar-refractivity contribution >= 4 is 40.5 Å². The lowest BCUT2D eigenvalue weighted by molar-refractivity contribution is -0.127. The maximum absolute atomic E-state index is 13.5. The number of anilines is 4. The molecule has 43 heavy (non-hydrogen) atoms. The lowest BCUT2D eigenvalue weighted by Crippen LogP contribution is -2.47. The van der Waals surface area contributed by atoms with E-state index in [2.05, 4.69) is 51.6 Å². The van der Waals surface area contributed by atoms with Crippen molar-refractivity contribution in [3.63, 3.8) is 0 Å². The highest BCUT2D eigenvalue weighted by atomic mass is 16.2. The summed E-state index contributed by atoms with van der Waals surface area (Å²) in [6, 6.07) is 21.4. The van der Waals surface area contributed by atoms with Gasteiger partial charge in [-0.25, -0.2) is 0 Å². The Balaban J connectivity index is 1.31. The Kier molecular flexibility index (Phi) is 9.49. The molecule has 0 spiro atoms. The van der Waals surface area contributed by atoms with Gasteiger partial charge in [-0.15, -0.1) is 0 Å². The highest BCUT2D eigenvalue weighted by Gasteiger charge is 2.23. The van der Waals surface area contributed by atoms with Gasteiger partial charge < -0.3 is 30.2 Å². The zero-order valence-corrected chi connectivity index (χ0v) is 25.4. The lowest BCUT2D eigenvalue weighted by atomic mass is 10.1. The molecule has 9 heteroatoms. The molecular weight excluding hydrogens is 540 g/mol. The maximum Gasteiger partial charge on any atom is 0.255 e. The van der Waals surface area contributed by atoms with E-state index >= 15 is 0 Å². The van der Waals surface area contributed by atoms with Crippen LogP contribution >= 0.6 is 0 Å². The number of likely N-dealkylation sites (tertiary alicyclic amines) is 1. The van der Waals surface area contributed by atoms with Gasteiger partial charge in [0.15, 0.2) is 0 Å². The topological polar surface area (TPSA) is 88.2 Å². The number of carbonyl (C=O) groups excluding carboxylic acids is 3. The Morgan fingerprint density at radius 3 is 2.23 bits per heavy atom. The molecule has 0 aliphatic carbocycles. The summed E-state index contributed by atoms with van der Waals surface area (Å²) in [7, 11) is 3.88. The number of hydrogen-bond acceptors (Lipinski definition) is 6. The van der Waals surface area contributed by atoms with Crippen molar-refractivity contribution in [1.82, 2.24) is 10.2 Å². The first-order valence-electron chi connectivity index (χ1n) is 15.1. The van der Waals surface area contributed by atoms with E-state index in [9.17, 15) is 14.4 Å². The molecule has 9 nitrogen and oxygen atoms in total. The number of amides is 3. The summed E-state index contributed by atoms with van der Waals surface area (Å²) in [5.41, 5.74) is 5.98. The molecule has 3 aromatic rings. The summed E-state index contributed by atoms with van der Waals surface area (Å²) in [6.07, 6.45) is 2.23. The third-order valence-electron chi connectivity index (χ3n) is 8.27. The maximum atomic E-state index is 13.5. The molecule has 5 rings (SSSR count). The summed E-state index contributed by atoms with van der Waals surface area (Å²) in [5.74, 6) is -0.233. The van der Waals surface area contributed by atoms with E-state index in [4.69, 9.17) is 0 Å². The predicted molar refractivity (Wildman–Crippen MR) is 174 cm³/mol. The highest BCUT2D eigenvalue weighted by molar-refractivity contribution is 6.07. The van der Waals surface area contributed by atoms with Crippen LogP contribution in [0.2, 0.25) is 0 Å². The average Bonchev–Trinajstić information content (AvgIpc) is 3.43. The van der Waals surface area contributed by atoms with Crippen LogP contribution < -0.4 is 25.3 Å². The molecule has 2 fully saturated rings. The normalized spacial score (nSPS) is 15.0. The standard InChI is InChI=1S/C34H42N6O3/c1-25-9-4-5-12-30(25)38-19-21-39(22-20-38)31-15-14-27(33(42)35-16-8-18-40-17-7-13-32(40)41)24-29(31)36-34(43)26-10-6-11-28(23-26)37(2)3/h4-6,9-12,14-15,23-24H,7-8,13,16-22H2,1-3H3,(H,35,42)(H,36,43). The van der Waals surface area contributed by atoms with Crippen LogP contribution in [-0.2, 0) is 4.79 Å². The van der Waals surface area contributed by atoms with Crippen LogP contribution in [-0.4, -0.2) is 82.5 Å². The molecule has 0 unspecified atom stereocenters. The Morgan fingerprint density at radius 2 is 1.53 bits per heavy atom. The second kappa shape index (κ2) is 13.6. The van der Waals surface area contributed by atoms with E-state index in [0.717, 1.165) is 50.5 Å². The van der Waals surface area contributed by atoms with Gasteiger partial charge in [0.1, 0.15) is 0 Å². The fraction of sp³-hybridized carbons (Fsp3) is 0.382. The minimum Gasteiger partial charge on any atom is -0.378 e. The molecule has 2 aliphatic heterocycles. The molecule has 2 N–H and O–H groups in total. The van der Waals surface area contributed by atoms with Crippen molar-refractivity contribution in [3.8, 4) is 0 Å². The van der Waals surface area contributed by atoms with Gasteiger partial charge in [0.05, 0.1) is 11.4 Å². The zero-order valence-electron chi connectivity index (χ0n) is 25.4. The van der Waals surface area contributed by atoms with E-state index < -0.39 is 0 Å². The van der Waals surface area contributed by atoms with Gasteiger partial charge in [0.25, 0.3) is 11.8 Å². The molecular formula is C34H42N6O3. The third-order valence-corrected chi connectivity index (χ3v) is 8.27. The van der Waals surface area contributed by atoms with Gasteiger partial charge >= 0.3 is 0 Å². The smallest absolute Gasteiger partial charge is 0.255 e. The van der Waals surface area contributed by atoms with E-state index in [1.165, 1.54) is 11.3 Å². The number of benzene rings is 3. The molecule has 0 saturated carbocycles. The summed E-state index contributed by atoms with van der Waals surface area (Å²) >= 11 is 0. The van der Waals surface area contributed by atoms with Gasteiger partial charge in [0, 0.05) is 88.8 Å². The monoisotopic (exact) mass is 582 g/mol. The van der Waals surface area contributed by atoms with Crippen LogP contribution in [0.3, 0.4) is 0 Å². The average molecular weight is 583 g/mol. The summed E-state index contributed by atoms with van der Waals surface area (Å²) in [5, 5.41) is 6.09. The number of piperazine rings is 1. The first-order valence-corrected chi connectivity index (χ1v) is 15.1. The number of para-hydroxylation sites is 1. The second-order valence-corrected chi connectivity index (χ2v) is 11.5. The van der Waals surface area contributed by atoms with Crippen LogP contribution in [0.4, 0.5) is 22.7 Å². The Morgan fingerprint density at radius 1 is 0.814 bits per heavy atom. The number of nitrogens with zero attached hydrogens (tertiary/aromatic N) is 4. The van der Waals surface area contributed by atoms with Crippen LogP contribution in [0.25, 0.3) is 0 Å². The molecule has 2 saturated heterocycles. The molecule has 0 atom stereocenters. The lowest BCUT2D eigenvalue weighted by Gasteiger charge is -2.38. The molecule has 0 radical (unpaired) electrons. The first-order chi connectivity index (χ1) is 20.8. The van der Waals surface area contributed by atoms with Crippen LogP contribution in [0, 0.1) is 6.92 Å². The molecule has 0 bridgehead atoms. The van der Waals surface area contributed by atoms with Crippen molar-refractivity contribution in [2.75, 3.05) is 79.9 Å². The van der Waals surface area contributed by atoms with Gasteiger partial charge in [-0.05, 0) is 67.8 Å². The minimum absolute atomic E-state index is 0.193. The fourth-order valence-electron chi connectivity index (χ4n) is 5.79. The second-order valence-electron chi connectivity index (χ2n) is 11.5. The van der Waals surface area contributed by atoms with Crippen LogP contribution in [0.1, 0.15) is 45.5 Å². The van der Waals surface area contributed by atoms with Crippen molar-refractivity contribution < 1.29 is 14.4 Å². The van der Waals surface area contributed by atoms with Gasteiger partial charge in [-0.3, -0.25) is 14.4 Å². The molecule has 2 heterocycles. The van der Waals surface area contributed by atoms with Crippen molar-refractivity contribution in [3.05, 3.63) is 83.4 Å². The van der Waals surface area contributed by atoms with Crippen molar-refractivity contribution in [2.45, 2.75) is 26.2 Å². The predicted octanol–water partition coefficient (Wildman–Crippen LogP) is 4.38. The first kappa shape index (κ1) is 29.9. The number of rotatable bonds is 10. The Labute approximate surface area is 254 Å². The van der Waals surface area contributed by atoms with E-state index in [0.29, 0.717) is 42.7 Å². The fourth-order valence-corrected chi connectivity index (χ4v) is 5.79. The van der Waals surface area contributed by atoms with Gasteiger partial charge in [0.2, 0.25) is 5.91 Å². The molecule has 3 amide bonds. The van der Waals surface area contributed by atoms with Crippen LogP contribution in [0.15, 0.2) is 66.7 Å². The van der Waals surface area contributed by atoms with Gasteiger partial charge in [-0.1, -0.05) is 24.3 Å². The zero-order chi connectivity index (χ0) is 30.3. The Bertz CT molecular complexity index is 1460. The molecule has 0 aromatic heterocycles. The van der Waals surface area contributed by atoms with Crippen molar-refractivity contribution in [2.24, 2.45) is 0 Å². The third kappa shape index (κ3) is 7.28. The number of nitrogens with one attached hydrogen (secondary N) is 2. The Hall–Kier alpha value is -4.53. The van der Waals surface area contributed by atoms with E-state index in [1.807, 2.05) is 54.2 Å². The van der Waals surface area contributed by atoms with E-state index in [1.54, 1.807) is 12.1 Å². The summed E-state index contributed by atoms with van der Waals surface area (Å²) in [4.78, 5) is 46.9. The molecule has 3 aromatic carbocycles. The van der Waals surface area contributed by atoms with E-state index in [-0.39, 0.29) is 17.7 Å². The SMILES string of the molecule is Cc1ccccc1N1CCN(c2ccc(C(=O)NCCCN3CCCC3=O)cc2NC(=O)c2cccc(N(C)C)c2)CC1. The summed E-state index contributed by atoms with van der Waals surface area (Å²) in [6.45, 7) is 7.34.